The van der Waals surface area contributed by atoms with E-state index >= 15 is 0 Å². The molecule has 2 aliphatic heterocycles. The zero-order valence-corrected chi connectivity index (χ0v) is 18.5. The number of alkyl halides is 2. The number of aromatic nitrogens is 4. The molecule has 0 unspecified atom stereocenters. The molecule has 0 aliphatic carbocycles. The highest BCUT2D eigenvalue weighted by Crippen LogP contribution is 2.33. The summed E-state index contributed by atoms with van der Waals surface area (Å²) in [5, 5.41) is 10.2. The Morgan fingerprint density at radius 1 is 1.00 bits per heavy atom. The Kier molecular flexibility index (Phi) is 5.75. The van der Waals surface area contributed by atoms with Crippen LogP contribution in [0.15, 0.2) is 24.3 Å². The second-order valence-corrected chi connectivity index (χ2v) is 8.40. The van der Waals surface area contributed by atoms with Gasteiger partial charge in [0.25, 0.3) is 6.43 Å². The van der Waals surface area contributed by atoms with Crippen LogP contribution in [0, 0.1) is 0 Å². The number of imidazole rings is 1. The van der Waals surface area contributed by atoms with Crippen LogP contribution in [0.4, 0.5) is 20.4 Å². The number of morpholine rings is 2. The number of phenolic OH excluding ortho intramolecular Hbond substituents is 1. The minimum atomic E-state index is -2.88. The van der Waals surface area contributed by atoms with Crippen LogP contribution in [0.2, 0.25) is 0 Å². The quantitative estimate of drug-likeness (QED) is 0.636. The molecule has 2 saturated heterocycles. The molecule has 0 bridgehead atoms. The summed E-state index contributed by atoms with van der Waals surface area (Å²) >= 11 is 0. The third-order valence-corrected chi connectivity index (χ3v) is 5.85. The Hall–Kier alpha value is -3.05. The second-order valence-electron chi connectivity index (χ2n) is 8.40. The number of fused-ring (bicyclic) bond motifs is 1. The van der Waals surface area contributed by atoms with Crippen molar-refractivity contribution in [3.05, 3.63) is 30.1 Å². The molecule has 0 amide bonds. The van der Waals surface area contributed by atoms with Crippen LogP contribution in [0.5, 0.6) is 5.75 Å². The number of aromatic hydroxyl groups is 1. The van der Waals surface area contributed by atoms with Gasteiger partial charge in [-0.3, -0.25) is 4.57 Å². The van der Waals surface area contributed by atoms with Gasteiger partial charge in [-0.05, 0) is 26.0 Å². The molecule has 11 heteroatoms. The summed E-state index contributed by atoms with van der Waals surface area (Å²) in [6.07, 6.45) is -2.87. The summed E-state index contributed by atoms with van der Waals surface area (Å²) < 4.78 is 40.6. The normalized spacial score (nSPS) is 21.8. The first kappa shape index (κ1) is 21.8. The molecule has 9 nitrogen and oxygen atoms in total. The third kappa shape index (κ3) is 4.18. The molecule has 1 N–H and O–H groups in total. The van der Waals surface area contributed by atoms with Gasteiger partial charge in [0.05, 0.1) is 30.9 Å². The molecular formula is C22H26F2N6O3. The number of phenols is 1. The summed E-state index contributed by atoms with van der Waals surface area (Å²) in [4.78, 5) is 17.5. The summed E-state index contributed by atoms with van der Waals surface area (Å²) in [7, 11) is 0. The van der Waals surface area contributed by atoms with Gasteiger partial charge in [-0.2, -0.15) is 9.97 Å². The SMILES string of the molecule is C[C@@H]1CN(c2cc(N3CCOCC3)nc(-n3c(C(F)F)nc4c(O)cccc43)n2)C[C@H](C)O1. The van der Waals surface area contributed by atoms with Crippen molar-refractivity contribution in [3.63, 3.8) is 0 Å². The maximum Gasteiger partial charge on any atom is 0.296 e. The number of rotatable bonds is 4. The van der Waals surface area contributed by atoms with Gasteiger partial charge in [-0.1, -0.05) is 6.07 Å². The van der Waals surface area contributed by atoms with Gasteiger partial charge in [0.2, 0.25) is 5.95 Å². The molecule has 2 atom stereocenters. The van der Waals surface area contributed by atoms with Crippen molar-refractivity contribution >= 4 is 22.7 Å². The van der Waals surface area contributed by atoms with Crippen LogP contribution >= 0.6 is 0 Å². The summed E-state index contributed by atoms with van der Waals surface area (Å²) in [6, 6.07) is 6.51. The molecule has 2 fully saturated rings. The van der Waals surface area contributed by atoms with E-state index in [0.717, 1.165) is 0 Å². The Labute approximate surface area is 189 Å². The number of benzene rings is 1. The van der Waals surface area contributed by atoms with Gasteiger partial charge in [0.15, 0.2) is 5.82 Å². The number of hydrogen-bond donors (Lipinski definition) is 1. The molecule has 0 spiro atoms. The number of anilines is 2. The lowest BCUT2D eigenvalue weighted by atomic mass is 10.2. The van der Waals surface area contributed by atoms with Crippen LogP contribution in [-0.4, -0.2) is 76.2 Å². The number of hydrogen-bond acceptors (Lipinski definition) is 8. The Morgan fingerprint density at radius 3 is 2.33 bits per heavy atom. The predicted molar refractivity (Wildman–Crippen MR) is 119 cm³/mol. The van der Waals surface area contributed by atoms with E-state index in [-0.39, 0.29) is 29.4 Å². The Bertz CT molecular complexity index is 1140. The van der Waals surface area contributed by atoms with Crippen molar-refractivity contribution in [2.24, 2.45) is 0 Å². The summed E-state index contributed by atoms with van der Waals surface area (Å²) in [5.74, 6) is 0.663. The zero-order valence-electron chi connectivity index (χ0n) is 18.5. The van der Waals surface area contributed by atoms with Crippen molar-refractivity contribution in [3.8, 4) is 11.7 Å². The fourth-order valence-electron chi connectivity index (χ4n) is 4.45. The van der Waals surface area contributed by atoms with Gasteiger partial charge in [-0.15, -0.1) is 0 Å². The maximum absolute atomic E-state index is 14.0. The Morgan fingerprint density at radius 2 is 1.67 bits per heavy atom. The number of ether oxygens (including phenoxy) is 2. The van der Waals surface area contributed by atoms with E-state index in [2.05, 4.69) is 19.8 Å². The smallest absolute Gasteiger partial charge is 0.296 e. The molecule has 33 heavy (non-hydrogen) atoms. The number of para-hydroxylation sites is 1. The summed E-state index contributed by atoms with van der Waals surface area (Å²) in [6.45, 7) is 7.63. The highest BCUT2D eigenvalue weighted by atomic mass is 19.3. The first-order chi connectivity index (χ1) is 15.9. The van der Waals surface area contributed by atoms with Gasteiger partial charge in [-0.25, -0.2) is 13.8 Å². The molecule has 5 rings (SSSR count). The van der Waals surface area contributed by atoms with Crippen molar-refractivity contribution in [2.45, 2.75) is 32.5 Å². The van der Waals surface area contributed by atoms with E-state index < -0.39 is 12.2 Å². The molecular weight excluding hydrogens is 434 g/mol. The van der Waals surface area contributed by atoms with E-state index in [1.54, 1.807) is 12.1 Å². The maximum atomic E-state index is 14.0. The predicted octanol–water partition coefficient (Wildman–Crippen LogP) is 2.91. The molecule has 1 aromatic carbocycles. The molecule has 176 valence electrons. The van der Waals surface area contributed by atoms with Gasteiger partial charge in [0, 0.05) is 32.2 Å². The highest BCUT2D eigenvalue weighted by Gasteiger charge is 2.28. The van der Waals surface area contributed by atoms with E-state index in [9.17, 15) is 13.9 Å². The zero-order chi connectivity index (χ0) is 23.1. The van der Waals surface area contributed by atoms with Gasteiger partial charge >= 0.3 is 0 Å². The van der Waals surface area contributed by atoms with Crippen molar-refractivity contribution < 1.29 is 23.4 Å². The second kappa shape index (κ2) is 8.71. The molecule has 0 radical (unpaired) electrons. The van der Waals surface area contributed by atoms with E-state index in [1.807, 2.05) is 19.9 Å². The van der Waals surface area contributed by atoms with E-state index in [1.165, 1.54) is 10.6 Å². The van der Waals surface area contributed by atoms with Crippen LogP contribution in [0.25, 0.3) is 17.0 Å². The van der Waals surface area contributed by atoms with Crippen molar-refractivity contribution in [1.29, 1.82) is 0 Å². The average Bonchev–Trinajstić information content (AvgIpc) is 3.20. The van der Waals surface area contributed by atoms with Crippen LogP contribution < -0.4 is 9.80 Å². The lowest BCUT2D eigenvalue weighted by Crippen LogP contribution is -2.46. The summed E-state index contributed by atoms with van der Waals surface area (Å²) in [5.41, 5.74) is 0.405. The highest BCUT2D eigenvalue weighted by molar-refractivity contribution is 5.83. The Balaban J connectivity index is 1.69. The first-order valence-electron chi connectivity index (χ1n) is 11.0. The van der Waals surface area contributed by atoms with Crippen LogP contribution in [-0.2, 0) is 9.47 Å². The van der Waals surface area contributed by atoms with E-state index in [4.69, 9.17) is 14.5 Å². The molecule has 3 aromatic rings. The fraction of sp³-hybridized carbons (Fsp3) is 0.500. The van der Waals surface area contributed by atoms with Crippen molar-refractivity contribution in [1.82, 2.24) is 19.5 Å². The molecule has 0 saturated carbocycles. The first-order valence-corrected chi connectivity index (χ1v) is 11.0. The monoisotopic (exact) mass is 460 g/mol. The van der Waals surface area contributed by atoms with E-state index in [0.29, 0.717) is 56.5 Å². The van der Waals surface area contributed by atoms with Crippen molar-refractivity contribution in [2.75, 3.05) is 49.2 Å². The van der Waals surface area contributed by atoms with Crippen LogP contribution in [0.1, 0.15) is 26.1 Å². The van der Waals surface area contributed by atoms with Crippen LogP contribution in [0.3, 0.4) is 0 Å². The minimum absolute atomic E-state index is 0.00153. The van der Waals surface area contributed by atoms with Gasteiger partial charge < -0.3 is 24.4 Å². The third-order valence-electron chi connectivity index (χ3n) is 5.85. The average molecular weight is 460 g/mol. The minimum Gasteiger partial charge on any atom is -0.506 e. The topological polar surface area (TPSA) is 88.8 Å². The fourth-order valence-corrected chi connectivity index (χ4v) is 4.45. The number of halogens is 2. The largest absolute Gasteiger partial charge is 0.506 e. The number of nitrogens with zero attached hydrogens (tertiary/aromatic N) is 6. The lowest BCUT2D eigenvalue weighted by molar-refractivity contribution is -0.00546. The lowest BCUT2D eigenvalue weighted by Gasteiger charge is -2.37. The van der Waals surface area contributed by atoms with Gasteiger partial charge in [0.1, 0.15) is 22.9 Å². The standard InChI is InChI=1S/C22H26F2N6O3/c1-13-11-29(12-14(2)33-13)18-10-17(28-6-8-32-9-7-28)25-22(26-18)30-15-4-3-5-16(31)19(15)27-21(30)20(23)24/h3-5,10,13-14,20,31H,6-9,11-12H2,1-2H3/t13-,14+. The molecule has 2 aromatic heterocycles. The molecule has 4 heterocycles. The molecule has 2 aliphatic rings.